The third-order valence-corrected chi connectivity index (χ3v) is 5.68. The number of carbonyl (C=O) groups is 2. The lowest BCUT2D eigenvalue weighted by atomic mass is 9.72. The number of hydrogen-bond acceptors (Lipinski definition) is 6. The molecule has 1 aliphatic heterocycles. The Bertz CT molecular complexity index is 1020. The van der Waals surface area contributed by atoms with Gasteiger partial charge < -0.3 is 14.6 Å². The van der Waals surface area contributed by atoms with Gasteiger partial charge in [-0.15, -0.1) is 0 Å². The summed E-state index contributed by atoms with van der Waals surface area (Å²) in [6.07, 6.45) is 1.94. The minimum absolute atomic E-state index is 0.0285. The maximum Gasteiger partial charge on any atom is 0.315 e. The fourth-order valence-corrected chi connectivity index (χ4v) is 4.26. The average molecular weight is 419 g/mol. The third-order valence-electron chi connectivity index (χ3n) is 5.68. The molecule has 1 aliphatic carbocycles. The van der Waals surface area contributed by atoms with Gasteiger partial charge in [0.1, 0.15) is 30.6 Å². The molecule has 6 heteroatoms. The Labute approximate surface area is 181 Å². The summed E-state index contributed by atoms with van der Waals surface area (Å²) in [7, 11) is 0. The van der Waals surface area contributed by atoms with Crippen LogP contribution in [0.1, 0.15) is 37.7 Å². The first-order valence-corrected chi connectivity index (χ1v) is 10.5. The number of esters is 1. The summed E-state index contributed by atoms with van der Waals surface area (Å²) in [4.78, 5) is 30.6. The first-order valence-electron chi connectivity index (χ1n) is 10.5. The highest BCUT2D eigenvalue weighted by Gasteiger charge is 2.43. The summed E-state index contributed by atoms with van der Waals surface area (Å²) < 4.78 is 11.1. The molecule has 1 N–H and O–H groups in total. The summed E-state index contributed by atoms with van der Waals surface area (Å²) >= 11 is 0. The molecule has 160 valence electrons. The predicted molar refractivity (Wildman–Crippen MR) is 116 cm³/mol. The summed E-state index contributed by atoms with van der Waals surface area (Å²) in [6.45, 7) is 2.14. The zero-order valence-corrected chi connectivity index (χ0v) is 17.4. The van der Waals surface area contributed by atoms with Crippen LogP contribution in [0.4, 0.5) is 0 Å². The number of aliphatic imine (C=N–C) groups is 1. The molecule has 0 fully saturated rings. The number of ketones is 1. The van der Waals surface area contributed by atoms with Crippen LogP contribution >= 0.6 is 0 Å². The molecule has 2 aliphatic rings. The topological polar surface area (TPSA) is 85.2 Å². The molecule has 2 aromatic carbocycles. The van der Waals surface area contributed by atoms with Gasteiger partial charge in [-0.05, 0) is 49.6 Å². The highest BCUT2D eigenvalue weighted by molar-refractivity contribution is 6.08. The van der Waals surface area contributed by atoms with Gasteiger partial charge in [-0.2, -0.15) is 0 Å². The van der Waals surface area contributed by atoms with E-state index in [9.17, 15) is 14.7 Å². The zero-order valence-electron chi connectivity index (χ0n) is 17.4. The Hall–Kier alpha value is -3.41. The second-order valence-corrected chi connectivity index (χ2v) is 7.77. The number of ether oxygens (including phenoxy) is 2. The number of para-hydroxylation sites is 1. The van der Waals surface area contributed by atoms with Crippen LogP contribution in [0.2, 0.25) is 0 Å². The second kappa shape index (κ2) is 9.16. The fraction of sp³-hybridized carbons (Fsp3) is 0.320. The number of hydrogen-bond donors (Lipinski definition) is 1. The van der Waals surface area contributed by atoms with Crippen LogP contribution in [0, 0.1) is 5.92 Å². The lowest BCUT2D eigenvalue weighted by Crippen LogP contribution is -2.37. The molecule has 0 spiro atoms. The maximum atomic E-state index is 13.1. The van der Waals surface area contributed by atoms with E-state index >= 15 is 0 Å². The Balaban J connectivity index is 1.54. The second-order valence-electron chi connectivity index (χ2n) is 7.77. The Kier molecular flexibility index (Phi) is 6.16. The van der Waals surface area contributed by atoms with Crippen molar-refractivity contribution in [2.24, 2.45) is 10.9 Å². The first-order chi connectivity index (χ1) is 15.0. The van der Waals surface area contributed by atoms with E-state index in [0.717, 1.165) is 24.1 Å². The van der Waals surface area contributed by atoms with E-state index in [1.165, 1.54) is 0 Å². The van der Waals surface area contributed by atoms with Gasteiger partial charge >= 0.3 is 5.97 Å². The highest BCUT2D eigenvalue weighted by Crippen LogP contribution is 2.43. The monoisotopic (exact) mass is 419 g/mol. The van der Waals surface area contributed by atoms with Crippen LogP contribution in [0.3, 0.4) is 0 Å². The number of benzene rings is 2. The molecule has 6 nitrogen and oxygen atoms in total. The van der Waals surface area contributed by atoms with Crippen molar-refractivity contribution >= 4 is 17.5 Å². The molecular weight excluding hydrogens is 394 g/mol. The quantitative estimate of drug-likeness (QED) is 0.560. The number of Topliss-reactive ketones (excluding diaryl/α,β-unsaturated/α-hetero) is 1. The summed E-state index contributed by atoms with van der Waals surface area (Å²) in [5.74, 6) is -0.725. The van der Waals surface area contributed by atoms with Gasteiger partial charge in [0, 0.05) is 29.3 Å². The van der Waals surface area contributed by atoms with Crippen LogP contribution < -0.4 is 4.74 Å². The largest absolute Gasteiger partial charge is 0.508 e. The number of aromatic hydroxyl groups is 1. The van der Waals surface area contributed by atoms with E-state index in [2.05, 4.69) is 4.99 Å². The Morgan fingerprint density at radius 3 is 2.55 bits per heavy atom. The Morgan fingerprint density at radius 2 is 1.81 bits per heavy atom. The van der Waals surface area contributed by atoms with E-state index in [1.54, 1.807) is 24.3 Å². The van der Waals surface area contributed by atoms with Gasteiger partial charge in [-0.3, -0.25) is 14.6 Å². The number of rotatable bonds is 6. The van der Waals surface area contributed by atoms with Crippen molar-refractivity contribution in [2.45, 2.75) is 32.1 Å². The summed E-state index contributed by atoms with van der Waals surface area (Å²) in [5, 5.41) is 9.70. The van der Waals surface area contributed by atoms with Crippen LogP contribution in [0.5, 0.6) is 11.5 Å². The van der Waals surface area contributed by atoms with Gasteiger partial charge in [0.15, 0.2) is 5.78 Å². The number of carbonyl (C=O) groups excluding carboxylic acids is 2. The molecule has 31 heavy (non-hydrogen) atoms. The lowest BCUT2D eigenvalue weighted by molar-refractivity contribution is -0.147. The minimum atomic E-state index is -0.693. The molecule has 1 heterocycles. The maximum absolute atomic E-state index is 13.1. The van der Waals surface area contributed by atoms with Crippen LogP contribution in [-0.4, -0.2) is 35.8 Å². The van der Waals surface area contributed by atoms with E-state index in [-0.39, 0.29) is 24.7 Å². The van der Waals surface area contributed by atoms with Crippen molar-refractivity contribution in [1.82, 2.24) is 0 Å². The van der Waals surface area contributed by atoms with Gasteiger partial charge in [0.2, 0.25) is 0 Å². The van der Waals surface area contributed by atoms with Crippen molar-refractivity contribution in [3.8, 4) is 11.5 Å². The molecular formula is C25H25NO5. The standard InChI is InChI=1S/C25H25NO5/c1-16-22(25(29)31-15-14-30-19-6-3-2-4-7-19)23(17-10-12-18(27)13-11-17)24-20(26-16)8-5-9-21(24)28/h2-4,6-7,10-13,22-23,27H,5,8-9,14-15H2,1H3. The predicted octanol–water partition coefficient (Wildman–Crippen LogP) is 4.20. The van der Waals surface area contributed by atoms with Gasteiger partial charge in [0.25, 0.3) is 0 Å². The van der Waals surface area contributed by atoms with Crippen molar-refractivity contribution < 1.29 is 24.2 Å². The van der Waals surface area contributed by atoms with Gasteiger partial charge in [-0.1, -0.05) is 30.3 Å². The Morgan fingerprint density at radius 1 is 1.06 bits per heavy atom. The normalized spacial score (nSPS) is 20.7. The minimum Gasteiger partial charge on any atom is -0.508 e. The third kappa shape index (κ3) is 4.53. The lowest BCUT2D eigenvalue weighted by Gasteiger charge is -2.34. The van der Waals surface area contributed by atoms with Crippen LogP contribution in [0.25, 0.3) is 0 Å². The number of allylic oxidation sites excluding steroid dienone is 2. The van der Waals surface area contributed by atoms with E-state index in [0.29, 0.717) is 23.5 Å². The number of phenolic OH excluding ortho intramolecular Hbond substituents is 1. The van der Waals surface area contributed by atoms with Crippen LogP contribution in [-0.2, 0) is 14.3 Å². The molecule has 0 bridgehead atoms. The van der Waals surface area contributed by atoms with Crippen molar-refractivity contribution in [3.63, 3.8) is 0 Å². The van der Waals surface area contributed by atoms with E-state index in [4.69, 9.17) is 9.47 Å². The first kappa shape index (κ1) is 20.8. The number of phenols is 1. The average Bonchev–Trinajstić information content (AvgIpc) is 2.77. The molecule has 0 saturated carbocycles. The smallest absolute Gasteiger partial charge is 0.315 e. The van der Waals surface area contributed by atoms with Crippen LogP contribution in [0.15, 0.2) is 70.9 Å². The van der Waals surface area contributed by atoms with Crippen molar-refractivity contribution in [2.75, 3.05) is 13.2 Å². The zero-order chi connectivity index (χ0) is 21.8. The molecule has 0 aromatic heterocycles. The highest BCUT2D eigenvalue weighted by atomic mass is 16.6. The fourth-order valence-electron chi connectivity index (χ4n) is 4.26. The van der Waals surface area contributed by atoms with Crippen molar-refractivity contribution in [3.05, 3.63) is 71.4 Å². The molecule has 0 amide bonds. The van der Waals surface area contributed by atoms with E-state index < -0.39 is 17.8 Å². The van der Waals surface area contributed by atoms with E-state index in [1.807, 2.05) is 37.3 Å². The molecule has 2 atom stereocenters. The molecule has 2 aromatic rings. The molecule has 4 rings (SSSR count). The number of nitrogens with zero attached hydrogens (tertiary/aromatic N) is 1. The van der Waals surface area contributed by atoms with Crippen molar-refractivity contribution in [1.29, 1.82) is 0 Å². The molecule has 0 saturated heterocycles. The SMILES string of the molecule is CC1=NC2=C(C(=O)CCC2)C(c2ccc(O)cc2)C1C(=O)OCCOc1ccccc1. The van der Waals surface area contributed by atoms with Gasteiger partial charge in [0.05, 0.1) is 0 Å². The summed E-state index contributed by atoms with van der Waals surface area (Å²) in [6, 6.07) is 16.0. The summed E-state index contributed by atoms with van der Waals surface area (Å²) in [5.41, 5.74) is 2.80. The molecule has 2 unspecified atom stereocenters. The molecule has 0 radical (unpaired) electrons. The van der Waals surface area contributed by atoms with Gasteiger partial charge in [-0.25, -0.2) is 0 Å².